The van der Waals surface area contributed by atoms with E-state index in [1.807, 2.05) is 6.08 Å². The number of ether oxygens (including phenoxy) is 1. The van der Waals surface area contributed by atoms with Gasteiger partial charge in [0.2, 0.25) is 0 Å². The van der Waals surface area contributed by atoms with Crippen molar-refractivity contribution in [1.29, 1.82) is 0 Å². The Hall–Kier alpha value is -1.41. The first kappa shape index (κ1) is 9.68. The average molecular weight is 180 g/mol. The summed E-state index contributed by atoms with van der Waals surface area (Å²) in [4.78, 5) is 14.1. The van der Waals surface area contributed by atoms with Gasteiger partial charge in [-0.3, -0.25) is 0 Å². The third kappa shape index (κ3) is 2.84. The summed E-state index contributed by atoms with van der Waals surface area (Å²) in [6.07, 6.45) is 5.73. The lowest BCUT2D eigenvalue weighted by atomic mass is 10.00. The normalized spacial score (nSPS) is 15.6. The molecule has 0 spiro atoms. The van der Waals surface area contributed by atoms with E-state index in [1.165, 1.54) is 6.92 Å². The van der Waals surface area contributed by atoms with Crippen LogP contribution < -0.4 is 0 Å². The van der Waals surface area contributed by atoms with Gasteiger partial charge in [-0.1, -0.05) is 6.08 Å². The molecule has 0 N–H and O–H groups in total. The standard InChI is InChI=1S/C9H12N2O2/c1-7(11-10)13-9(12)8-5-3-2-4-6-8/h5H,2-4,6H2,1H3. The van der Waals surface area contributed by atoms with Gasteiger partial charge in [0.05, 0.1) is 6.92 Å². The number of carbonyl (C=O) groups excluding carboxylic acids is 1. The largest absolute Gasteiger partial charge is 0.454 e. The maximum absolute atomic E-state index is 11.3. The van der Waals surface area contributed by atoms with Gasteiger partial charge in [-0.15, -0.1) is 4.79 Å². The third-order valence-corrected chi connectivity index (χ3v) is 1.93. The first-order chi connectivity index (χ1) is 6.24. The Bertz CT molecular complexity index is 288. The number of hydrogen-bond acceptors (Lipinski definition) is 2. The van der Waals surface area contributed by atoms with E-state index in [-0.39, 0.29) is 5.90 Å². The topological polar surface area (TPSA) is 62.7 Å². The minimum atomic E-state index is -0.394. The van der Waals surface area contributed by atoms with E-state index in [0.717, 1.165) is 25.7 Å². The summed E-state index contributed by atoms with van der Waals surface area (Å²) >= 11 is 0. The molecule has 0 saturated heterocycles. The van der Waals surface area contributed by atoms with Crippen molar-refractivity contribution >= 4 is 11.9 Å². The number of carbonyl (C=O) groups is 1. The van der Waals surface area contributed by atoms with Crippen molar-refractivity contribution in [2.24, 2.45) is 0 Å². The molecule has 1 rings (SSSR count). The number of allylic oxidation sites excluding steroid dienone is 1. The van der Waals surface area contributed by atoms with Gasteiger partial charge in [0.25, 0.3) is 0 Å². The maximum atomic E-state index is 11.3. The van der Waals surface area contributed by atoms with Crippen molar-refractivity contribution in [2.45, 2.75) is 32.6 Å². The van der Waals surface area contributed by atoms with Crippen LogP contribution in [0.5, 0.6) is 0 Å². The smallest absolute Gasteiger partial charge is 0.359 e. The molecule has 1 aliphatic rings. The van der Waals surface area contributed by atoms with E-state index in [4.69, 9.17) is 10.3 Å². The summed E-state index contributed by atoms with van der Waals surface area (Å²) < 4.78 is 4.73. The van der Waals surface area contributed by atoms with Crippen molar-refractivity contribution in [1.82, 2.24) is 0 Å². The third-order valence-electron chi connectivity index (χ3n) is 1.93. The van der Waals surface area contributed by atoms with Gasteiger partial charge in [0.15, 0.2) is 0 Å². The molecule has 0 radical (unpaired) electrons. The molecule has 0 aromatic carbocycles. The van der Waals surface area contributed by atoms with Crippen LogP contribution in [0.15, 0.2) is 11.6 Å². The number of nitrogens with zero attached hydrogens (tertiary/aromatic N) is 2. The van der Waals surface area contributed by atoms with Gasteiger partial charge >= 0.3 is 11.9 Å². The van der Waals surface area contributed by atoms with E-state index >= 15 is 0 Å². The van der Waals surface area contributed by atoms with Crippen LogP contribution in [0, 0.1) is 0 Å². The first-order valence-electron chi connectivity index (χ1n) is 4.34. The Morgan fingerprint density at radius 1 is 1.62 bits per heavy atom. The van der Waals surface area contributed by atoms with Crippen molar-refractivity contribution in [3.8, 4) is 0 Å². The van der Waals surface area contributed by atoms with E-state index in [1.54, 1.807) is 0 Å². The molecule has 0 heterocycles. The minimum Gasteiger partial charge on any atom is -0.359 e. The summed E-state index contributed by atoms with van der Waals surface area (Å²) in [5.74, 6) is -0.411. The molecule has 4 nitrogen and oxygen atoms in total. The van der Waals surface area contributed by atoms with Crippen molar-refractivity contribution < 1.29 is 14.3 Å². The van der Waals surface area contributed by atoms with Crippen molar-refractivity contribution in [3.63, 3.8) is 0 Å². The van der Waals surface area contributed by atoms with E-state index < -0.39 is 5.97 Å². The van der Waals surface area contributed by atoms with Crippen LogP contribution in [-0.2, 0) is 9.53 Å². The lowest BCUT2D eigenvalue weighted by Crippen LogP contribution is -2.13. The van der Waals surface area contributed by atoms with Crippen LogP contribution >= 0.6 is 0 Å². The molecule has 0 aromatic rings. The van der Waals surface area contributed by atoms with E-state index in [0.29, 0.717) is 5.57 Å². The number of rotatable bonds is 1. The molecule has 0 amide bonds. The molecule has 13 heavy (non-hydrogen) atoms. The van der Waals surface area contributed by atoms with Crippen molar-refractivity contribution in [2.75, 3.05) is 0 Å². The Morgan fingerprint density at radius 3 is 2.92 bits per heavy atom. The summed E-state index contributed by atoms with van der Waals surface area (Å²) in [6.45, 7) is 1.43. The maximum Gasteiger partial charge on any atom is 0.454 e. The lowest BCUT2D eigenvalue weighted by molar-refractivity contribution is -0.136. The van der Waals surface area contributed by atoms with E-state index in [2.05, 4.69) is 4.79 Å². The highest BCUT2D eigenvalue weighted by Crippen LogP contribution is 2.18. The van der Waals surface area contributed by atoms with Crippen molar-refractivity contribution in [3.05, 3.63) is 17.2 Å². The van der Waals surface area contributed by atoms with Gasteiger partial charge in [-0.05, 0) is 25.7 Å². The summed E-state index contributed by atoms with van der Waals surface area (Å²) in [7, 11) is 0. The minimum absolute atomic E-state index is 0.0172. The summed E-state index contributed by atoms with van der Waals surface area (Å²) in [5, 5.41) is 0. The average Bonchev–Trinajstić information content (AvgIpc) is 2.19. The highest BCUT2D eigenvalue weighted by molar-refractivity contribution is 5.95. The zero-order valence-electron chi connectivity index (χ0n) is 7.62. The Labute approximate surface area is 76.8 Å². The quantitative estimate of drug-likeness (QED) is 0.202. The zero-order valence-corrected chi connectivity index (χ0v) is 7.62. The second-order valence-corrected chi connectivity index (χ2v) is 2.98. The van der Waals surface area contributed by atoms with Crippen LogP contribution in [0.4, 0.5) is 0 Å². The fourth-order valence-corrected chi connectivity index (χ4v) is 1.24. The second-order valence-electron chi connectivity index (χ2n) is 2.98. The first-order valence-corrected chi connectivity index (χ1v) is 4.34. The lowest BCUT2D eigenvalue weighted by Gasteiger charge is -2.08. The fourth-order valence-electron chi connectivity index (χ4n) is 1.24. The van der Waals surface area contributed by atoms with Crippen LogP contribution in [0.2, 0.25) is 0 Å². The van der Waals surface area contributed by atoms with E-state index in [9.17, 15) is 4.79 Å². The van der Waals surface area contributed by atoms with Gasteiger partial charge < -0.3 is 10.3 Å². The van der Waals surface area contributed by atoms with Crippen LogP contribution in [0.25, 0.3) is 5.53 Å². The highest BCUT2D eigenvalue weighted by Gasteiger charge is 2.16. The molecular formula is C9H12N2O2. The molecular weight excluding hydrogens is 168 g/mol. The number of hydrogen-bond donors (Lipinski definition) is 0. The summed E-state index contributed by atoms with van der Waals surface area (Å²) in [5.41, 5.74) is 8.96. The molecule has 0 aliphatic heterocycles. The molecule has 70 valence electrons. The zero-order chi connectivity index (χ0) is 9.68. The monoisotopic (exact) mass is 180 g/mol. The van der Waals surface area contributed by atoms with Gasteiger partial charge in [0, 0.05) is 5.57 Å². The molecule has 0 fully saturated rings. The second kappa shape index (κ2) is 4.58. The molecule has 1 aliphatic carbocycles. The van der Waals surface area contributed by atoms with Crippen LogP contribution in [-0.4, -0.2) is 16.7 Å². The highest BCUT2D eigenvalue weighted by atomic mass is 16.5. The van der Waals surface area contributed by atoms with Gasteiger partial charge in [-0.25, -0.2) is 4.79 Å². The van der Waals surface area contributed by atoms with Crippen LogP contribution in [0.3, 0.4) is 0 Å². The molecule has 0 atom stereocenters. The molecule has 0 bridgehead atoms. The predicted octanol–water partition coefficient (Wildman–Crippen LogP) is 1.68. The Balaban J connectivity index is 2.57. The Morgan fingerprint density at radius 2 is 2.38 bits per heavy atom. The Kier molecular flexibility index (Phi) is 3.41. The molecule has 0 saturated carbocycles. The summed E-state index contributed by atoms with van der Waals surface area (Å²) in [6, 6.07) is 0. The predicted molar refractivity (Wildman–Crippen MR) is 46.9 cm³/mol. The van der Waals surface area contributed by atoms with Gasteiger partial charge in [-0.2, -0.15) is 0 Å². The molecule has 0 aromatic heterocycles. The SMILES string of the molecule is CC(=[N+]=[N-])OC(=O)C1=CCCCC1. The molecule has 0 unspecified atom stereocenters. The molecule has 4 heteroatoms. The van der Waals surface area contributed by atoms with Gasteiger partial charge in [0.1, 0.15) is 0 Å². The van der Waals surface area contributed by atoms with Crippen LogP contribution in [0.1, 0.15) is 32.6 Å². The fraction of sp³-hybridized carbons (Fsp3) is 0.556. The number of esters is 1.